The molecule has 30 heavy (non-hydrogen) atoms. The number of amidine groups is 1. The van der Waals surface area contributed by atoms with Crippen LogP contribution in [0.3, 0.4) is 0 Å². The maximum atomic E-state index is 13.1. The van der Waals surface area contributed by atoms with E-state index < -0.39 is 6.17 Å². The number of thioether (sulfide) groups is 1. The summed E-state index contributed by atoms with van der Waals surface area (Å²) in [5.41, 5.74) is 1.23. The number of carbonyl (C=O) groups excluding carboxylic acids is 1. The van der Waals surface area contributed by atoms with Gasteiger partial charge in [0, 0.05) is 21.0 Å². The molecule has 0 saturated heterocycles. The van der Waals surface area contributed by atoms with E-state index in [0.29, 0.717) is 10.9 Å². The lowest BCUT2D eigenvalue weighted by molar-refractivity contribution is -0.116. The first kappa shape index (κ1) is 20.9. The number of nitrogens with one attached hydrogen (secondary N) is 1. The van der Waals surface area contributed by atoms with Gasteiger partial charge >= 0.3 is 0 Å². The molecule has 2 aliphatic rings. The van der Waals surface area contributed by atoms with Gasteiger partial charge in [-0.25, -0.2) is 5.01 Å². The van der Waals surface area contributed by atoms with E-state index in [-0.39, 0.29) is 11.7 Å². The fourth-order valence-corrected chi connectivity index (χ4v) is 4.73. The summed E-state index contributed by atoms with van der Waals surface area (Å²) in [6, 6.07) is 12.6. The topological polar surface area (TPSA) is 77.3 Å². The Balaban J connectivity index is 1.74. The first-order valence-electron chi connectivity index (χ1n) is 10.1. The Morgan fingerprint density at radius 2 is 2.07 bits per heavy atom. The van der Waals surface area contributed by atoms with Crippen molar-refractivity contribution in [3.05, 3.63) is 63.1 Å². The highest BCUT2D eigenvalue weighted by molar-refractivity contribution is 9.10. The summed E-state index contributed by atoms with van der Waals surface area (Å²) >= 11 is 5.04. The predicted octanol–water partition coefficient (Wildman–Crippen LogP) is 3.61. The van der Waals surface area contributed by atoms with E-state index in [4.69, 9.17) is 10.1 Å². The Labute approximate surface area is 187 Å². The monoisotopic (exact) mass is 486 g/mol. The molecule has 2 aromatic carbocycles. The normalized spacial score (nSPS) is 17.6. The number of halogens is 1. The lowest BCUT2D eigenvalue weighted by Crippen LogP contribution is -2.50. The average molecular weight is 487 g/mol. The number of hydrogen-bond acceptors (Lipinski definition) is 6. The quantitative estimate of drug-likeness (QED) is 0.611. The van der Waals surface area contributed by atoms with Crippen molar-refractivity contribution in [3.8, 4) is 5.75 Å². The third-order valence-corrected chi connectivity index (χ3v) is 6.42. The van der Waals surface area contributed by atoms with Crippen molar-refractivity contribution >= 4 is 44.5 Å². The fourth-order valence-electron chi connectivity index (χ4n) is 3.52. The van der Waals surface area contributed by atoms with Crippen LogP contribution in [0.4, 0.5) is 0 Å². The van der Waals surface area contributed by atoms with Gasteiger partial charge < -0.3 is 5.11 Å². The molecule has 0 spiro atoms. The van der Waals surface area contributed by atoms with Gasteiger partial charge in [-0.2, -0.15) is 0 Å². The average Bonchev–Trinajstić information content (AvgIpc) is 2.73. The van der Waals surface area contributed by atoms with Crippen LogP contribution in [-0.2, 0) is 4.79 Å². The van der Waals surface area contributed by atoms with Gasteiger partial charge in [0.2, 0.25) is 0 Å². The SMILES string of the molecule is CCCCCCSC1=NN2C(=c3cc(Br)ccc3=NC2c2cccc(O)c2)C(=O)N1. The smallest absolute Gasteiger partial charge is 0.276 e. The van der Waals surface area contributed by atoms with Crippen molar-refractivity contribution in [1.82, 2.24) is 10.3 Å². The summed E-state index contributed by atoms with van der Waals surface area (Å²) in [5.74, 6) is 0.862. The molecule has 1 atom stereocenters. The lowest BCUT2D eigenvalue weighted by Gasteiger charge is -2.34. The van der Waals surface area contributed by atoms with Gasteiger partial charge in [-0.1, -0.05) is 66.0 Å². The number of hydrazone groups is 1. The Hall–Kier alpha value is -2.32. The van der Waals surface area contributed by atoms with Crippen LogP contribution in [0, 0.1) is 0 Å². The second-order valence-electron chi connectivity index (χ2n) is 7.22. The maximum absolute atomic E-state index is 13.1. The van der Waals surface area contributed by atoms with Crippen LogP contribution in [0.15, 0.2) is 57.0 Å². The number of carbonyl (C=O) groups is 1. The molecule has 1 amide bonds. The van der Waals surface area contributed by atoms with Crippen molar-refractivity contribution < 1.29 is 9.90 Å². The molecule has 8 heteroatoms. The third kappa shape index (κ3) is 4.39. The number of phenols is 1. The van der Waals surface area contributed by atoms with Crippen molar-refractivity contribution in [1.29, 1.82) is 0 Å². The van der Waals surface area contributed by atoms with E-state index in [1.807, 2.05) is 24.3 Å². The van der Waals surface area contributed by atoms with E-state index in [1.54, 1.807) is 35.0 Å². The standard InChI is InChI=1S/C22H23BrN4O2S/c1-2-3-4-5-11-30-22-25-21(29)19-17-13-15(23)9-10-18(17)24-20(27(19)26-22)14-7-6-8-16(28)12-14/h6-10,12-13,20,28H,2-5,11H2,1H3,(H,25,26,29). The molecule has 6 nitrogen and oxygen atoms in total. The second-order valence-corrected chi connectivity index (χ2v) is 9.22. The highest BCUT2D eigenvalue weighted by Gasteiger charge is 2.34. The van der Waals surface area contributed by atoms with Gasteiger partial charge in [0.1, 0.15) is 11.4 Å². The van der Waals surface area contributed by atoms with E-state index >= 15 is 0 Å². The number of rotatable bonds is 6. The highest BCUT2D eigenvalue weighted by Crippen LogP contribution is 2.32. The molecule has 2 aromatic rings. The predicted molar refractivity (Wildman–Crippen MR) is 123 cm³/mol. The number of nitrogens with zero attached hydrogens (tertiary/aromatic N) is 3. The Bertz CT molecular complexity index is 1120. The molecular formula is C22H23BrN4O2S. The van der Waals surface area contributed by atoms with Gasteiger partial charge in [0.25, 0.3) is 5.91 Å². The van der Waals surface area contributed by atoms with Gasteiger partial charge in [-0.05, 0) is 36.8 Å². The first-order chi connectivity index (χ1) is 14.6. The summed E-state index contributed by atoms with van der Waals surface area (Å²) in [4.78, 5) is 18.0. The summed E-state index contributed by atoms with van der Waals surface area (Å²) in [5, 5.41) is 21.4. The lowest BCUT2D eigenvalue weighted by atomic mass is 10.1. The Kier molecular flexibility index (Phi) is 6.43. The first-order valence-corrected chi connectivity index (χ1v) is 11.8. The molecule has 156 valence electrons. The Morgan fingerprint density at radius 1 is 1.20 bits per heavy atom. The van der Waals surface area contributed by atoms with Crippen molar-refractivity contribution in [2.75, 3.05) is 5.75 Å². The molecule has 4 rings (SSSR count). The van der Waals surface area contributed by atoms with Crippen molar-refractivity contribution in [2.24, 2.45) is 10.1 Å². The number of unbranched alkanes of at least 4 members (excludes halogenated alkanes) is 3. The molecule has 1 unspecified atom stereocenters. The molecule has 0 bridgehead atoms. The van der Waals surface area contributed by atoms with Crippen LogP contribution in [0.25, 0.3) is 5.70 Å². The highest BCUT2D eigenvalue weighted by atomic mass is 79.9. The largest absolute Gasteiger partial charge is 0.508 e. The molecule has 0 aromatic heterocycles. The van der Waals surface area contributed by atoms with Crippen LogP contribution < -0.4 is 15.9 Å². The van der Waals surface area contributed by atoms with Crippen LogP contribution in [0.1, 0.15) is 44.3 Å². The number of aromatic hydroxyl groups is 1. The zero-order valence-corrected chi connectivity index (χ0v) is 19.0. The molecule has 0 radical (unpaired) electrons. The van der Waals surface area contributed by atoms with Crippen LogP contribution in [-0.4, -0.2) is 26.9 Å². The zero-order valence-electron chi connectivity index (χ0n) is 16.6. The van der Waals surface area contributed by atoms with Crippen LogP contribution >= 0.6 is 27.7 Å². The molecule has 0 fully saturated rings. The van der Waals surface area contributed by atoms with Crippen molar-refractivity contribution in [2.45, 2.75) is 38.8 Å². The van der Waals surface area contributed by atoms with E-state index in [0.717, 1.165) is 32.8 Å². The fraction of sp³-hybridized carbons (Fsp3) is 0.318. The number of phenolic OH excluding ortho intramolecular Hbond substituents is 1. The molecule has 2 N–H and O–H groups in total. The van der Waals surface area contributed by atoms with Gasteiger partial charge in [0.05, 0.1) is 5.36 Å². The van der Waals surface area contributed by atoms with Gasteiger partial charge in [-0.3, -0.25) is 15.1 Å². The minimum Gasteiger partial charge on any atom is -0.508 e. The van der Waals surface area contributed by atoms with E-state index in [2.05, 4.69) is 28.2 Å². The molecule has 0 saturated carbocycles. The van der Waals surface area contributed by atoms with E-state index in [1.165, 1.54) is 19.3 Å². The summed E-state index contributed by atoms with van der Waals surface area (Å²) in [7, 11) is 0. The van der Waals surface area contributed by atoms with Crippen LogP contribution in [0.5, 0.6) is 5.75 Å². The summed E-state index contributed by atoms with van der Waals surface area (Å²) in [6.45, 7) is 2.19. The van der Waals surface area contributed by atoms with Gasteiger partial charge in [-0.15, -0.1) is 5.10 Å². The minimum absolute atomic E-state index is 0.154. The maximum Gasteiger partial charge on any atom is 0.276 e. The zero-order chi connectivity index (χ0) is 21.1. The molecule has 2 heterocycles. The molecule has 2 aliphatic heterocycles. The number of fused-ring (bicyclic) bond motifs is 2. The number of benzene rings is 2. The minimum atomic E-state index is -0.525. The Morgan fingerprint density at radius 3 is 2.87 bits per heavy atom. The molecular weight excluding hydrogens is 464 g/mol. The van der Waals surface area contributed by atoms with Gasteiger partial charge in [0.15, 0.2) is 11.3 Å². The van der Waals surface area contributed by atoms with Crippen molar-refractivity contribution in [3.63, 3.8) is 0 Å². The summed E-state index contributed by atoms with van der Waals surface area (Å²) < 4.78 is 0.868. The number of hydrogen-bond donors (Lipinski definition) is 2. The van der Waals surface area contributed by atoms with Crippen LogP contribution in [0.2, 0.25) is 0 Å². The second kappa shape index (κ2) is 9.22. The third-order valence-electron chi connectivity index (χ3n) is 4.97. The number of amides is 1. The van der Waals surface area contributed by atoms with E-state index in [9.17, 15) is 9.90 Å². The molecule has 0 aliphatic carbocycles. The summed E-state index contributed by atoms with van der Waals surface area (Å²) in [6.07, 6.45) is 4.14.